The van der Waals surface area contributed by atoms with Crippen LogP contribution in [0.5, 0.6) is 0 Å². The maximum absolute atomic E-state index is 12.8. The number of hydrogen-bond acceptors (Lipinski definition) is 5. The molecule has 1 aromatic carbocycles. The number of quaternary nitrogens is 1. The predicted molar refractivity (Wildman–Crippen MR) is 135 cm³/mol. The average molecular weight is 506 g/mol. The van der Waals surface area contributed by atoms with Gasteiger partial charge < -0.3 is 15.0 Å². The van der Waals surface area contributed by atoms with E-state index in [9.17, 15) is 14.4 Å². The molecule has 34 heavy (non-hydrogen) atoms. The van der Waals surface area contributed by atoms with Gasteiger partial charge in [-0.05, 0) is 44.0 Å². The normalized spacial score (nSPS) is 17.8. The van der Waals surface area contributed by atoms with Gasteiger partial charge in [-0.2, -0.15) is 0 Å². The predicted octanol–water partition coefficient (Wildman–Crippen LogP) is 4.48. The smallest absolute Gasteiger partial charge is 0.306 e. The summed E-state index contributed by atoms with van der Waals surface area (Å²) in [6.07, 6.45) is 2.34. The van der Waals surface area contributed by atoms with Gasteiger partial charge in [0.1, 0.15) is 17.9 Å². The second-order valence-electron chi connectivity index (χ2n) is 10.3. The van der Waals surface area contributed by atoms with Crippen molar-refractivity contribution in [2.75, 3.05) is 20.1 Å². The van der Waals surface area contributed by atoms with E-state index in [4.69, 9.17) is 22.1 Å². The first-order valence-corrected chi connectivity index (χ1v) is 12.8. The number of amides is 1. The summed E-state index contributed by atoms with van der Waals surface area (Å²) >= 11 is 7.46. The Labute approximate surface area is 210 Å². The molecule has 8 heteroatoms. The van der Waals surface area contributed by atoms with Crippen molar-refractivity contribution in [1.82, 2.24) is 0 Å². The number of rotatable bonds is 9. The number of hydrogen-bond donors (Lipinski definition) is 1. The van der Waals surface area contributed by atoms with Crippen LogP contribution in [-0.2, 0) is 40.1 Å². The lowest BCUT2D eigenvalue weighted by atomic mass is 9.97. The van der Waals surface area contributed by atoms with Crippen molar-refractivity contribution >= 4 is 40.6 Å². The van der Waals surface area contributed by atoms with E-state index >= 15 is 0 Å². The van der Waals surface area contributed by atoms with Crippen molar-refractivity contribution in [2.45, 2.75) is 65.0 Å². The molecule has 2 heterocycles. The summed E-state index contributed by atoms with van der Waals surface area (Å²) in [5.41, 5.74) is 7.69. The molecule has 1 aromatic heterocycles. The molecule has 1 aliphatic heterocycles. The Morgan fingerprint density at radius 2 is 1.82 bits per heavy atom. The van der Waals surface area contributed by atoms with Gasteiger partial charge in [-0.1, -0.05) is 23.7 Å². The number of carbonyl (C=O) groups is 3. The minimum atomic E-state index is -0.473. The molecule has 0 bridgehead atoms. The number of thiophene rings is 1. The molecule has 2 N–H and O–H groups in total. The first-order valence-electron chi connectivity index (χ1n) is 11.6. The summed E-state index contributed by atoms with van der Waals surface area (Å²) in [4.78, 5) is 39.0. The highest BCUT2D eigenvalue weighted by Gasteiger charge is 2.34. The molecule has 6 nitrogen and oxygen atoms in total. The zero-order valence-corrected chi connectivity index (χ0v) is 22.0. The fraction of sp³-hybridized carbons (Fsp3) is 0.500. The van der Waals surface area contributed by atoms with E-state index in [1.807, 2.05) is 32.9 Å². The van der Waals surface area contributed by atoms with E-state index in [0.717, 1.165) is 57.8 Å². The van der Waals surface area contributed by atoms with Crippen LogP contribution in [0.25, 0.3) is 0 Å². The van der Waals surface area contributed by atoms with E-state index < -0.39 is 11.5 Å². The molecule has 1 aliphatic rings. The Balaban J connectivity index is 1.67. The van der Waals surface area contributed by atoms with Gasteiger partial charge in [-0.3, -0.25) is 14.4 Å². The topological polar surface area (TPSA) is 86.5 Å². The van der Waals surface area contributed by atoms with Crippen LogP contribution in [0.1, 0.15) is 64.9 Å². The number of nitrogens with two attached hydrogens (primary N) is 1. The van der Waals surface area contributed by atoms with E-state index in [2.05, 4.69) is 7.05 Å². The van der Waals surface area contributed by atoms with E-state index in [-0.39, 0.29) is 24.6 Å². The van der Waals surface area contributed by atoms with Crippen molar-refractivity contribution in [1.29, 1.82) is 0 Å². The van der Waals surface area contributed by atoms with Crippen LogP contribution in [0, 0.1) is 0 Å². The molecular formula is C26H34ClN2O4S+. The summed E-state index contributed by atoms with van der Waals surface area (Å²) in [7, 11) is 2.17. The van der Waals surface area contributed by atoms with Crippen LogP contribution in [-0.4, -0.2) is 47.9 Å². The third kappa shape index (κ3) is 7.14. The lowest BCUT2D eigenvalue weighted by Crippen LogP contribution is -2.48. The van der Waals surface area contributed by atoms with Crippen LogP contribution < -0.4 is 5.73 Å². The van der Waals surface area contributed by atoms with Crippen molar-refractivity contribution < 1.29 is 23.6 Å². The van der Waals surface area contributed by atoms with E-state index in [1.54, 1.807) is 12.1 Å². The Bertz CT molecular complexity index is 1070. The number of halogens is 1. The SMILES string of the molecule is CC(C)(C)OC(=O)CCC[N+]1(C)CCc2c(sc(CC(=O)Cc3ccc(Cl)cc3)c2C(N)=O)C1. The van der Waals surface area contributed by atoms with Gasteiger partial charge in [0.15, 0.2) is 0 Å². The monoisotopic (exact) mass is 505 g/mol. The third-order valence-corrected chi connectivity index (χ3v) is 7.48. The fourth-order valence-corrected chi connectivity index (χ4v) is 6.13. The van der Waals surface area contributed by atoms with Gasteiger partial charge in [0.2, 0.25) is 5.91 Å². The third-order valence-electron chi connectivity index (χ3n) is 6.01. The summed E-state index contributed by atoms with van der Waals surface area (Å²) < 4.78 is 6.20. The van der Waals surface area contributed by atoms with Gasteiger partial charge in [0, 0.05) is 35.6 Å². The zero-order valence-electron chi connectivity index (χ0n) is 20.4. The quantitative estimate of drug-likeness (QED) is 0.402. The Kier molecular flexibility index (Phi) is 8.22. The number of esters is 1. The van der Waals surface area contributed by atoms with Crippen LogP contribution in [0.3, 0.4) is 0 Å². The number of benzene rings is 1. The van der Waals surface area contributed by atoms with Gasteiger partial charge in [0.05, 0.1) is 37.0 Å². The summed E-state index contributed by atoms with van der Waals surface area (Å²) in [6.45, 7) is 8.07. The summed E-state index contributed by atoms with van der Waals surface area (Å²) in [5, 5.41) is 0.630. The lowest BCUT2D eigenvalue weighted by molar-refractivity contribution is -0.924. The minimum absolute atomic E-state index is 0.0398. The standard InChI is InChI=1S/C26H33ClN2O4S/c1-26(2,3)33-23(31)6-5-12-29(4)13-11-20-22(16-29)34-21(24(20)25(28)32)15-19(30)14-17-7-9-18(27)10-8-17/h7-10H,5-6,11-16H2,1-4H3,(H-,28,32)/p+1. The maximum atomic E-state index is 12.8. The number of primary amides is 1. The molecule has 1 amide bonds. The molecule has 0 saturated heterocycles. The zero-order chi connectivity index (χ0) is 25.1. The fourth-order valence-electron chi connectivity index (χ4n) is 4.44. The number of ketones is 1. The number of likely N-dealkylation sites (N-methyl/N-ethyl adjacent to an activating group) is 1. The molecule has 1 atom stereocenters. The van der Waals surface area contributed by atoms with Gasteiger partial charge in [-0.15, -0.1) is 11.3 Å². The van der Waals surface area contributed by atoms with Crippen molar-refractivity contribution in [3.63, 3.8) is 0 Å². The van der Waals surface area contributed by atoms with Crippen LogP contribution in [0.2, 0.25) is 5.02 Å². The van der Waals surface area contributed by atoms with Crippen LogP contribution >= 0.6 is 22.9 Å². The highest BCUT2D eigenvalue weighted by Crippen LogP contribution is 2.36. The second kappa shape index (κ2) is 10.6. The number of carbonyl (C=O) groups excluding carboxylic acids is 3. The Morgan fingerprint density at radius 3 is 2.44 bits per heavy atom. The molecule has 3 rings (SSSR count). The molecule has 0 saturated carbocycles. The summed E-state index contributed by atoms with van der Waals surface area (Å²) in [6, 6.07) is 7.22. The molecule has 0 fully saturated rings. The Morgan fingerprint density at radius 1 is 1.15 bits per heavy atom. The molecule has 2 aromatic rings. The maximum Gasteiger partial charge on any atom is 0.306 e. The molecule has 184 valence electrons. The van der Waals surface area contributed by atoms with Crippen LogP contribution in [0.4, 0.5) is 0 Å². The highest BCUT2D eigenvalue weighted by atomic mass is 35.5. The second-order valence-corrected chi connectivity index (χ2v) is 12.0. The summed E-state index contributed by atoms with van der Waals surface area (Å²) in [5.74, 6) is -0.601. The average Bonchev–Trinajstić information content (AvgIpc) is 3.04. The molecular weight excluding hydrogens is 472 g/mol. The number of ether oxygens (including phenoxy) is 1. The van der Waals surface area contributed by atoms with Crippen LogP contribution in [0.15, 0.2) is 24.3 Å². The lowest BCUT2D eigenvalue weighted by Gasteiger charge is -2.37. The molecule has 0 aliphatic carbocycles. The van der Waals surface area contributed by atoms with Crippen molar-refractivity contribution in [3.05, 3.63) is 55.7 Å². The van der Waals surface area contributed by atoms with Crippen molar-refractivity contribution in [2.24, 2.45) is 5.73 Å². The first kappa shape index (κ1) is 26.4. The van der Waals surface area contributed by atoms with E-state index in [1.165, 1.54) is 11.3 Å². The number of Topliss-reactive ketones (excluding diaryl/α,β-unsaturated/α-hetero) is 1. The van der Waals surface area contributed by atoms with Crippen molar-refractivity contribution in [3.8, 4) is 0 Å². The first-order chi connectivity index (χ1) is 15.8. The Hall–Kier alpha value is -2.22. The molecule has 0 radical (unpaired) electrons. The largest absolute Gasteiger partial charge is 0.460 e. The van der Waals surface area contributed by atoms with Gasteiger partial charge in [0.25, 0.3) is 0 Å². The number of nitrogens with zero attached hydrogens (tertiary/aromatic N) is 1. The van der Waals surface area contributed by atoms with Gasteiger partial charge >= 0.3 is 5.97 Å². The minimum Gasteiger partial charge on any atom is -0.460 e. The highest BCUT2D eigenvalue weighted by molar-refractivity contribution is 7.12. The molecule has 1 unspecified atom stereocenters. The van der Waals surface area contributed by atoms with Gasteiger partial charge in [-0.25, -0.2) is 0 Å². The number of fused-ring (bicyclic) bond motifs is 1. The van der Waals surface area contributed by atoms with E-state index in [0.29, 0.717) is 17.0 Å². The molecule has 0 spiro atoms.